The zero-order valence-corrected chi connectivity index (χ0v) is 17.8. The molecule has 0 fully saturated rings. The maximum atomic E-state index is 11.1. The molecule has 0 saturated heterocycles. The maximum absolute atomic E-state index is 11.1. The fourth-order valence-electron chi connectivity index (χ4n) is 3.69. The summed E-state index contributed by atoms with van der Waals surface area (Å²) >= 11 is 3.01. The Morgan fingerprint density at radius 1 is 0.933 bits per heavy atom. The van der Waals surface area contributed by atoms with Gasteiger partial charge in [-0.2, -0.15) is 5.26 Å². The van der Waals surface area contributed by atoms with Gasteiger partial charge in [-0.25, -0.2) is 4.85 Å². The van der Waals surface area contributed by atoms with E-state index in [2.05, 4.69) is 10.9 Å². The van der Waals surface area contributed by atoms with E-state index < -0.39 is 0 Å². The molecule has 0 amide bonds. The lowest BCUT2D eigenvalue weighted by atomic mass is 9.96. The Morgan fingerprint density at radius 3 is 1.90 bits per heavy atom. The van der Waals surface area contributed by atoms with Crippen molar-refractivity contribution in [2.75, 3.05) is 0 Å². The van der Waals surface area contributed by atoms with Crippen LogP contribution in [0.15, 0.2) is 36.4 Å². The third kappa shape index (κ3) is 3.04. The third-order valence-corrected chi connectivity index (χ3v) is 7.14. The molecule has 0 aliphatic carbocycles. The van der Waals surface area contributed by atoms with E-state index in [1.165, 1.54) is 22.7 Å². The minimum absolute atomic E-state index is 0.308. The van der Waals surface area contributed by atoms with Crippen LogP contribution in [0.2, 0.25) is 0 Å². The first-order valence-corrected chi connectivity index (χ1v) is 10.6. The van der Waals surface area contributed by atoms with Crippen LogP contribution in [0.1, 0.15) is 41.6 Å². The molecule has 4 aromatic rings. The van der Waals surface area contributed by atoms with Gasteiger partial charge in [-0.3, -0.25) is 9.59 Å². The van der Waals surface area contributed by atoms with Gasteiger partial charge >= 0.3 is 0 Å². The number of hydrogen-bond donors (Lipinski definition) is 0. The number of nitrogens with zero attached hydrogens (tertiary/aromatic N) is 2. The molecule has 0 saturated carbocycles. The summed E-state index contributed by atoms with van der Waals surface area (Å²) in [4.78, 5) is 27.9. The van der Waals surface area contributed by atoms with Crippen LogP contribution >= 0.6 is 22.7 Å². The van der Waals surface area contributed by atoms with Crippen molar-refractivity contribution in [1.29, 1.82) is 5.26 Å². The Hall–Kier alpha value is -3.58. The van der Waals surface area contributed by atoms with Crippen LogP contribution in [0, 0.1) is 31.8 Å². The minimum atomic E-state index is 0.308. The zero-order chi connectivity index (χ0) is 21.4. The third-order valence-electron chi connectivity index (χ3n) is 5.00. The van der Waals surface area contributed by atoms with Crippen molar-refractivity contribution in [2.45, 2.75) is 13.8 Å². The molecule has 4 rings (SSSR count). The quantitative estimate of drug-likeness (QED) is 0.208. The summed E-state index contributed by atoms with van der Waals surface area (Å²) in [7, 11) is 0. The van der Waals surface area contributed by atoms with Crippen LogP contribution in [0.5, 0.6) is 0 Å². The molecule has 0 spiro atoms. The summed E-state index contributed by atoms with van der Waals surface area (Å²) in [5.41, 5.74) is 3.27. The molecule has 4 nitrogen and oxygen atoms in total. The molecule has 0 unspecified atom stereocenters. The second kappa shape index (κ2) is 7.68. The van der Waals surface area contributed by atoms with E-state index in [1.807, 2.05) is 38.1 Å². The highest BCUT2D eigenvalue weighted by atomic mass is 32.1. The topological polar surface area (TPSA) is 62.3 Å². The summed E-state index contributed by atoms with van der Waals surface area (Å²) in [6.07, 6.45) is 1.60. The monoisotopic (exact) mass is 426 g/mol. The van der Waals surface area contributed by atoms with Crippen molar-refractivity contribution in [3.8, 4) is 6.07 Å². The van der Waals surface area contributed by atoms with Gasteiger partial charge in [0.15, 0.2) is 0 Å². The first-order valence-electron chi connectivity index (χ1n) is 9.01. The molecule has 0 N–H and O–H groups in total. The standard InChI is InChI=1S/C24H14N2O2S2/c1-13-22(17-6-4-15(11-27)8-20(17)29-13)19(10-25)24(26-3)23-14(2)30-21-9-16(12-28)5-7-18(21)23/h4-9,11-12H,1-2H3. The van der Waals surface area contributed by atoms with E-state index in [-0.39, 0.29) is 0 Å². The smallest absolute Gasteiger partial charge is 0.214 e. The van der Waals surface area contributed by atoms with Gasteiger partial charge in [0, 0.05) is 41.9 Å². The van der Waals surface area contributed by atoms with Crippen molar-refractivity contribution >= 4 is 66.7 Å². The van der Waals surface area contributed by atoms with Crippen molar-refractivity contribution in [3.63, 3.8) is 0 Å². The van der Waals surface area contributed by atoms with Gasteiger partial charge in [-0.1, -0.05) is 24.3 Å². The van der Waals surface area contributed by atoms with Gasteiger partial charge in [0.05, 0.1) is 18.2 Å². The Balaban J connectivity index is 2.06. The molecular formula is C24H14N2O2S2. The Morgan fingerprint density at radius 2 is 1.43 bits per heavy atom. The molecule has 0 bridgehead atoms. The van der Waals surface area contributed by atoms with Gasteiger partial charge in [-0.15, -0.1) is 22.7 Å². The van der Waals surface area contributed by atoms with Crippen molar-refractivity contribution in [3.05, 3.63) is 79.8 Å². The van der Waals surface area contributed by atoms with Crippen LogP contribution in [-0.2, 0) is 0 Å². The van der Waals surface area contributed by atoms with E-state index in [1.54, 1.807) is 12.1 Å². The first-order chi connectivity index (χ1) is 14.5. The van der Waals surface area contributed by atoms with Crippen molar-refractivity contribution in [1.82, 2.24) is 0 Å². The van der Waals surface area contributed by atoms with Gasteiger partial charge < -0.3 is 0 Å². The molecule has 144 valence electrons. The summed E-state index contributed by atoms with van der Waals surface area (Å²) in [5, 5.41) is 11.8. The van der Waals surface area contributed by atoms with Crippen molar-refractivity contribution in [2.24, 2.45) is 0 Å². The molecular weight excluding hydrogens is 412 g/mol. The number of fused-ring (bicyclic) bond motifs is 2. The Bertz CT molecular complexity index is 1360. The lowest BCUT2D eigenvalue weighted by molar-refractivity contribution is 0.111. The number of carbonyl (C=O) groups excluding carboxylic acids is 2. The second-order valence-electron chi connectivity index (χ2n) is 6.76. The number of thiophene rings is 2. The van der Waals surface area contributed by atoms with Gasteiger partial charge in [-0.05, 0) is 36.2 Å². The number of benzene rings is 2. The molecule has 2 heterocycles. The number of hydrogen-bond acceptors (Lipinski definition) is 5. The predicted molar refractivity (Wildman–Crippen MR) is 123 cm³/mol. The average molecular weight is 427 g/mol. The summed E-state index contributed by atoms with van der Waals surface area (Å²) in [5.74, 6) is 0. The fraction of sp³-hybridized carbons (Fsp3) is 0.0833. The average Bonchev–Trinajstić information content (AvgIpc) is 3.25. The fourth-order valence-corrected chi connectivity index (χ4v) is 5.92. The molecule has 30 heavy (non-hydrogen) atoms. The highest BCUT2D eigenvalue weighted by Crippen LogP contribution is 2.43. The van der Waals surface area contributed by atoms with Crippen LogP contribution in [-0.4, -0.2) is 12.6 Å². The number of aryl methyl sites for hydroxylation is 2. The highest BCUT2D eigenvalue weighted by Gasteiger charge is 2.22. The Labute approximate surface area is 181 Å². The normalized spacial score (nSPS) is 11.7. The first kappa shape index (κ1) is 19.7. The number of aldehydes is 2. The molecule has 2 aromatic carbocycles. The van der Waals surface area contributed by atoms with E-state index in [0.717, 1.165) is 53.6 Å². The zero-order valence-electron chi connectivity index (χ0n) is 16.1. The number of nitriles is 1. The maximum Gasteiger partial charge on any atom is 0.214 e. The van der Waals surface area contributed by atoms with E-state index >= 15 is 0 Å². The van der Waals surface area contributed by atoms with E-state index in [0.29, 0.717) is 22.4 Å². The molecule has 6 heteroatoms. The number of rotatable bonds is 4. The minimum Gasteiger partial charge on any atom is -0.298 e. The van der Waals surface area contributed by atoms with E-state index in [9.17, 15) is 14.9 Å². The summed E-state index contributed by atoms with van der Waals surface area (Å²) < 4.78 is 1.82. The van der Waals surface area contributed by atoms with Crippen LogP contribution in [0.25, 0.3) is 36.3 Å². The molecule has 0 aliphatic heterocycles. The number of allylic oxidation sites excluding steroid dienone is 1. The SMILES string of the molecule is [C-]#[N+]C(=C(C#N)c1c(C)sc2cc(C=O)ccc12)c1c(C)sc2cc(C=O)ccc12. The summed E-state index contributed by atoms with van der Waals surface area (Å²) in [6, 6.07) is 13.0. The van der Waals surface area contributed by atoms with Crippen LogP contribution in [0.4, 0.5) is 0 Å². The predicted octanol–water partition coefficient (Wildman–Crippen LogP) is 6.67. The molecule has 0 radical (unpaired) electrons. The lowest BCUT2D eigenvalue weighted by Crippen LogP contribution is -1.90. The highest BCUT2D eigenvalue weighted by molar-refractivity contribution is 7.19. The van der Waals surface area contributed by atoms with Gasteiger partial charge in [0.2, 0.25) is 5.70 Å². The van der Waals surface area contributed by atoms with Crippen LogP contribution in [0.3, 0.4) is 0 Å². The van der Waals surface area contributed by atoms with Crippen molar-refractivity contribution < 1.29 is 9.59 Å². The van der Waals surface area contributed by atoms with Crippen LogP contribution < -0.4 is 0 Å². The summed E-state index contributed by atoms with van der Waals surface area (Å²) in [6.45, 7) is 11.7. The molecule has 0 aliphatic rings. The number of carbonyl (C=O) groups is 2. The van der Waals surface area contributed by atoms with Gasteiger partial charge in [0.25, 0.3) is 0 Å². The lowest BCUT2D eigenvalue weighted by Gasteiger charge is -2.06. The van der Waals surface area contributed by atoms with E-state index in [4.69, 9.17) is 6.57 Å². The Kier molecular flexibility index (Phi) is 5.05. The second-order valence-corrected chi connectivity index (χ2v) is 9.27. The largest absolute Gasteiger partial charge is 0.298 e. The molecule has 2 aromatic heterocycles. The van der Waals surface area contributed by atoms with Gasteiger partial charge in [0.1, 0.15) is 12.6 Å². The molecule has 0 atom stereocenters.